The van der Waals surface area contributed by atoms with Gasteiger partial charge in [0.15, 0.2) is 5.41 Å². The number of carboxylic acid groups (broad SMARTS) is 2. The fourth-order valence-electron chi connectivity index (χ4n) is 3.02. The number of unbranched alkanes of at least 4 members (excludes halogenated alkanes) is 8. The number of hydrogen-bond donors (Lipinski definition) is 2. The van der Waals surface area contributed by atoms with Crippen molar-refractivity contribution in [2.75, 3.05) is 0 Å². The van der Waals surface area contributed by atoms with Crippen LogP contribution in [0.1, 0.15) is 91.9 Å². The van der Waals surface area contributed by atoms with Gasteiger partial charge < -0.3 is 10.2 Å². The molecule has 23 heavy (non-hydrogen) atoms. The van der Waals surface area contributed by atoms with Crippen LogP contribution in [0.2, 0.25) is 0 Å². The van der Waals surface area contributed by atoms with Crippen molar-refractivity contribution in [2.24, 2.45) is 10.8 Å². The molecule has 0 aliphatic carbocycles. The molecule has 0 fully saturated rings. The number of carbonyl (C=O) groups is 2. The molecule has 0 bridgehead atoms. The van der Waals surface area contributed by atoms with E-state index < -0.39 is 22.8 Å². The van der Waals surface area contributed by atoms with Gasteiger partial charge >= 0.3 is 60.8 Å². The van der Waals surface area contributed by atoms with Crippen molar-refractivity contribution in [3.8, 4) is 0 Å². The first kappa shape index (κ1) is 25.7. The van der Waals surface area contributed by atoms with Crippen LogP contribution in [0.15, 0.2) is 0 Å². The summed E-state index contributed by atoms with van der Waals surface area (Å²) in [4.78, 5) is 23.2. The van der Waals surface area contributed by atoms with Gasteiger partial charge in [-0.2, -0.15) is 0 Å². The summed E-state index contributed by atoms with van der Waals surface area (Å²) >= 11 is 0. The first-order chi connectivity index (χ1) is 10.2. The van der Waals surface area contributed by atoms with Gasteiger partial charge in [0.05, 0.1) is 0 Å². The molecule has 0 aliphatic heterocycles. The molecular weight excluding hydrogens is 418 g/mol. The average Bonchev–Trinajstić information content (AvgIpc) is 2.38. The Morgan fingerprint density at radius 3 is 1.39 bits per heavy atom. The molecular formula is C18H36BaO4. The molecule has 0 saturated carbocycles. The third-order valence-electron chi connectivity index (χ3n) is 4.67. The van der Waals surface area contributed by atoms with Gasteiger partial charge in [0.2, 0.25) is 0 Å². The molecule has 2 N–H and O–H groups in total. The number of hydrogen-bond acceptors (Lipinski definition) is 2. The van der Waals surface area contributed by atoms with E-state index in [0.717, 1.165) is 19.3 Å². The van der Waals surface area contributed by atoms with E-state index in [1.54, 1.807) is 20.8 Å². The maximum atomic E-state index is 11.6. The monoisotopic (exact) mass is 454 g/mol. The van der Waals surface area contributed by atoms with E-state index in [4.69, 9.17) is 0 Å². The summed E-state index contributed by atoms with van der Waals surface area (Å²) in [7, 11) is 0. The molecule has 5 heteroatoms. The van der Waals surface area contributed by atoms with Crippen molar-refractivity contribution in [3.63, 3.8) is 0 Å². The van der Waals surface area contributed by atoms with Crippen molar-refractivity contribution in [2.45, 2.75) is 91.9 Å². The van der Waals surface area contributed by atoms with Crippen molar-refractivity contribution >= 4 is 60.8 Å². The first-order valence-corrected chi connectivity index (χ1v) is 8.67. The Morgan fingerprint density at radius 2 is 1.09 bits per heavy atom. The third kappa shape index (κ3) is 8.43. The number of aliphatic carboxylic acids is 2. The Morgan fingerprint density at radius 1 is 0.739 bits per heavy atom. The Bertz CT molecular complexity index is 333. The van der Waals surface area contributed by atoms with Gasteiger partial charge in [-0.15, -0.1) is 0 Å². The van der Waals surface area contributed by atoms with Crippen LogP contribution in [-0.4, -0.2) is 71.0 Å². The predicted molar refractivity (Wildman–Crippen MR) is 97.5 cm³/mol. The van der Waals surface area contributed by atoms with Gasteiger partial charge in [-0.1, -0.05) is 85.5 Å². The van der Waals surface area contributed by atoms with E-state index in [0.29, 0.717) is 6.42 Å². The van der Waals surface area contributed by atoms with Gasteiger partial charge in [0.25, 0.3) is 0 Å². The first-order valence-electron chi connectivity index (χ1n) is 8.67. The predicted octanol–water partition coefficient (Wildman–Crippen LogP) is 4.19. The summed E-state index contributed by atoms with van der Waals surface area (Å²) in [5.74, 6) is -2.43. The summed E-state index contributed by atoms with van der Waals surface area (Å²) in [6.07, 6.45) is 10.3. The second kappa shape index (κ2) is 12.8. The number of rotatable bonds is 12. The van der Waals surface area contributed by atoms with Crippen LogP contribution in [0, 0.1) is 10.8 Å². The molecule has 0 rings (SSSR count). The van der Waals surface area contributed by atoms with E-state index in [9.17, 15) is 19.8 Å². The van der Waals surface area contributed by atoms with Gasteiger partial charge in [0, 0.05) is 0 Å². The summed E-state index contributed by atoms with van der Waals surface area (Å²) in [6.45, 7) is 7.29. The van der Waals surface area contributed by atoms with Gasteiger partial charge in [-0.3, -0.25) is 9.59 Å². The minimum absolute atomic E-state index is 0. The maximum absolute atomic E-state index is 11.6. The SMILES string of the molecule is CCCCCCCCCCCC(C(=O)O)(C(=O)O)C(C)(C)C.[BaH2]. The minimum atomic E-state index is -1.69. The van der Waals surface area contributed by atoms with Gasteiger partial charge in [0.1, 0.15) is 0 Å². The molecule has 0 unspecified atom stereocenters. The Balaban J connectivity index is 0. The summed E-state index contributed by atoms with van der Waals surface area (Å²) in [6, 6.07) is 0. The standard InChI is InChI=1S/C18H34O4.Ba.2H/c1-5-6-7-8-9-10-11-12-13-14-18(15(19)20,16(21)22)17(2,3)4;;;/h5-14H2,1-4H3,(H,19,20)(H,21,22);;;. The zero-order valence-electron chi connectivity index (χ0n) is 14.8. The molecule has 4 nitrogen and oxygen atoms in total. The molecule has 0 aromatic heterocycles. The van der Waals surface area contributed by atoms with Crippen molar-refractivity contribution in [1.29, 1.82) is 0 Å². The molecule has 0 spiro atoms. The second-order valence-corrected chi connectivity index (χ2v) is 7.34. The van der Waals surface area contributed by atoms with Crippen LogP contribution >= 0.6 is 0 Å². The van der Waals surface area contributed by atoms with Crippen LogP contribution in [0.25, 0.3) is 0 Å². The van der Waals surface area contributed by atoms with E-state index in [1.165, 1.54) is 32.1 Å². The van der Waals surface area contributed by atoms with E-state index in [1.807, 2.05) is 0 Å². The molecule has 0 saturated heterocycles. The van der Waals surface area contributed by atoms with Crippen LogP contribution in [0.4, 0.5) is 0 Å². The molecule has 134 valence electrons. The molecule has 0 heterocycles. The second-order valence-electron chi connectivity index (χ2n) is 7.34. The van der Waals surface area contributed by atoms with Gasteiger partial charge in [-0.25, -0.2) is 0 Å². The topological polar surface area (TPSA) is 74.6 Å². The van der Waals surface area contributed by atoms with Crippen molar-refractivity contribution in [3.05, 3.63) is 0 Å². The molecule has 0 aromatic carbocycles. The third-order valence-corrected chi connectivity index (χ3v) is 4.67. The van der Waals surface area contributed by atoms with Crippen molar-refractivity contribution in [1.82, 2.24) is 0 Å². The van der Waals surface area contributed by atoms with E-state index >= 15 is 0 Å². The zero-order valence-corrected chi connectivity index (χ0v) is 14.8. The average molecular weight is 454 g/mol. The summed E-state index contributed by atoms with van der Waals surface area (Å²) in [5.41, 5.74) is -2.49. The Hall–Kier alpha value is 0.511. The Labute approximate surface area is 181 Å². The molecule has 0 aliphatic rings. The van der Waals surface area contributed by atoms with Crippen LogP contribution in [0.3, 0.4) is 0 Å². The summed E-state index contributed by atoms with van der Waals surface area (Å²) < 4.78 is 0. The van der Waals surface area contributed by atoms with Crippen LogP contribution < -0.4 is 0 Å². The Kier molecular flexibility index (Phi) is 14.3. The molecule has 0 radical (unpaired) electrons. The van der Waals surface area contributed by atoms with Gasteiger partial charge in [-0.05, 0) is 11.8 Å². The fourth-order valence-corrected chi connectivity index (χ4v) is 3.02. The van der Waals surface area contributed by atoms with Crippen LogP contribution in [0.5, 0.6) is 0 Å². The zero-order chi connectivity index (χ0) is 17.2. The molecule has 0 atom stereocenters. The quantitative estimate of drug-likeness (QED) is 0.264. The van der Waals surface area contributed by atoms with E-state index in [-0.39, 0.29) is 55.3 Å². The van der Waals surface area contributed by atoms with Crippen molar-refractivity contribution < 1.29 is 19.8 Å². The molecule has 0 aromatic rings. The number of carboxylic acids is 2. The fraction of sp³-hybridized carbons (Fsp3) is 0.889. The summed E-state index contributed by atoms with van der Waals surface area (Å²) in [5, 5.41) is 18.9. The van der Waals surface area contributed by atoms with E-state index in [2.05, 4.69) is 6.92 Å². The molecule has 0 amide bonds. The van der Waals surface area contributed by atoms with Crippen LogP contribution in [-0.2, 0) is 9.59 Å². The normalized spacial score (nSPS) is 11.8.